The number of nitrogens with one attached hydrogen (secondary N) is 1. The van der Waals surface area contributed by atoms with Crippen LogP contribution in [0.1, 0.15) is 18.9 Å². The summed E-state index contributed by atoms with van der Waals surface area (Å²) in [5, 5.41) is 5.66. The maximum Gasteiger partial charge on any atom is 0.132 e. The van der Waals surface area contributed by atoms with E-state index < -0.39 is 0 Å². The molecule has 1 heterocycles. The zero-order chi connectivity index (χ0) is 14.7. The van der Waals surface area contributed by atoms with Crippen molar-refractivity contribution in [3.05, 3.63) is 54.4 Å². The SMILES string of the molecule is CCCc1c(NC)ncnc1-c1cccc2ccccc12. The van der Waals surface area contributed by atoms with Crippen LogP contribution < -0.4 is 5.32 Å². The molecule has 0 radical (unpaired) electrons. The van der Waals surface area contributed by atoms with Gasteiger partial charge < -0.3 is 5.32 Å². The molecule has 0 aliphatic carbocycles. The van der Waals surface area contributed by atoms with Gasteiger partial charge in [-0.1, -0.05) is 55.8 Å². The Labute approximate surface area is 125 Å². The molecule has 0 unspecified atom stereocenters. The van der Waals surface area contributed by atoms with Crippen molar-refractivity contribution >= 4 is 16.6 Å². The van der Waals surface area contributed by atoms with Crippen molar-refractivity contribution in [2.24, 2.45) is 0 Å². The van der Waals surface area contributed by atoms with Gasteiger partial charge in [-0.3, -0.25) is 0 Å². The maximum atomic E-state index is 4.58. The quantitative estimate of drug-likeness (QED) is 0.773. The molecule has 106 valence electrons. The van der Waals surface area contributed by atoms with Crippen molar-refractivity contribution in [1.29, 1.82) is 0 Å². The van der Waals surface area contributed by atoms with Crippen molar-refractivity contribution in [2.75, 3.05) is 12.4 Å². The molecular formula is C18H19N3. The molecule has 0 amide bonds. The van der Waals surface area contributed by atoms with Crippen LogP contribution in [0.25, 0.3) is 22.0 Å². The molecule has 0 spiro atoms. The van der Waals surface area contributed by atoms with Crippen molar-refractivity contribution < 1.29 is 0 Å². The summed E-state index contributed by atoms with van der Waals surface area (Å²) in [5.74, 6) is 0.926. The molecular weight excluding hydrogens is 258 g/mol. The normalized spacial score (nSPS) is 10.8. The molecule has 21 heavy (non-hydrogen) atoms. The van der Waals surface area contributed by atoms with Gasteiger partial charge in [0.25, 0.3) is 0 Å². The van der Waals surface area contributed by atoms with Gasteiger partial charge in [-0.25, -0.2) is 9.97 Å². The molecule has 0 atom stereocenters. The van der Waals surface area contributed by atoms with Gasteiger partial charge >= 0.3 is 0 Å². The lowest BCUT2D eigenvalue weighted by Crippen LogP contribution is -2.03. The first kappa shape index (κ1) is 13.6. The number of anilines is 1. The van der Waals surface area contributed by atoms with Crippen LogP contribution in [0, 0.1) is 0 Å². The summed E-state index contributed by atoms with van der Waals surface area (Å²) >= 11 is 0. The predicted octanol–water partition coefficient (Wildman–Crippen LogP) is 4.29. The average Bonchev–Trinajstić information content (AvgIpc) is 2.55. The van der Waals surface area contributed by atoms with E-state index >= 15 is 0 Å². The number of benzene rings is 2. The monoisotopic (exact) mass is 277 g/mol. The van der Waals surface area contributed by atoms with Crippen LogP contribution in [0.15, 0.2) is 48.8 Å². The average molecular weight is 277 g/mol. The van der Waals surface area contributed by atoms with E-state index in [0.29, 0.717) is 0 Å². The lowest BCUT2D eigenvalue weighted by atomic mass is 9.97. The Hall–Kier alpha value is -2.42. The Kier molecular flexibility index (Phi) is 3.82. The zero-order valence-electron chi connectivity index (χ0n) is 12.4. The number of hydrogen-bond acceptors (Lipinski definition) is 3. The van der Waals surface area contributed by atoms with E-state index in [1.807, 2.05) is 7.05 Å². The van der Waals surface area contributed by atoms with Crippen LogP contribution in [-0.2, 0) is 6.42 Å². The summed E-state index contributed by atoms with van der Waals surface area (Å²) in [7, 11) is 1.91. The minimum absolute atomic E-state index is 0.926. The number of aromatic nitrogens is 2. The highest BCUT2D eigenvalue weighted by molar-refractivity contribution is 5.96. The van der Waals surface area contributed by atoms with Crippen molar-refractivity contribution in [1.82, 2.24) is 9.97 Å². The third kappa shape index (κ3) is 2.47. The highest BCUT2D eigenvalue weighted by Gasteiger charge is 2.13. The molecule has 3 rings (SSSR count). The zero-order valence-corrected chi connectivity index (χ0v) is 12.4. The topological polar surface area (TPSA) is 37.8 Å². The van der Waals surface area contributed by atoms with Crippen LogP contribution in [0.5, 0.6) is 0 Å². The number of hydrogen-bond donors (Lipinski definition) is 1. The van der Waals surface area contributed by atoms with E-state index in [1.165, 1.54) is 21.9 Å². The van der Waals surface area contributed by atoms with E-state index in [0.717, 1.165) is 24.4 Å². The molecule has 3 heteroatoms. The Morgan fingerprint density at radius 2 is 1.81 bits per heavy atom. The smallest absolute Gasteiger partial charge is 0.132 e. The van der Waals surface area contributed by atoms with E-state index in [2.05, 4.69) is 64.7 Å². The lowest BCUT2D eigenvalue weighted by Gasteiger charge is -2.13. The van der Waals surface area contributed by atoms with Gasteiger partial charge in [0.2, 0.25) is 0 Å². The second-order valence-corrected chi connectivity index (χ2v) is 5.08. The number of nitrogens with zero attached hydrogens (tertiary/aromatic N) is 2. The van der Waals surface area contributed by atoms with Gasteiger partial charge in [-0.15, -0.1) is 0 Å². The minimum Gasteiger partial charge on any atom is -0.373 e. The number of fused-ring (bicyclic) bond motifs is 1. The molecule has 3 nitrogen and oxygen atoms in total. The van der Waals surface area contributed by atoms with Crippen LogP contribution in [0.3, 0.4) is 0 Å². The molecule has 0 fully saturated rings. The summed E-state index contributed by atoms with van der Waals surface area (Å²) in [5.41, 5.74) is 3.40. The third-order valence-electron chi connectivity index (χ3n) is 3.73. The third-order valence-corrected chi connectivity index (χ3v) is 3.73. The van der Waals surface area contributed by atoms with E-state index in [4.69, 9.17) is 0 Å². The Morgan fingerprint density at radius 3 is 2.62 bits per heavy atom. The van der Waals surface area contributed by atoms with Crippen LogP contribution >= 0.6 is 0 Å². The van der Waals surface area contributed by atoms with Gasteiger partial charge in [0.05, 0.1) is 5.69 Å². The van der Waals surface area contributed by atoms with E-state index in [9.17, 15) is 0 Å². The van der Waals surface area contributed by atoms with E-state index in [1.54, 1.807) is 6.33 Å². The van der Waals surface area contributed by atoms with Gasteiger partial charge in [-0.2, -0.15) is 0 Å². The molecule has 0 bridgehead atoms. The van der Waals surface area contributed by atoms with Crippen LogP contribution in [-0.4, -0.2) is 17.0 Å². The second-order valence-electron chi connectivity index (χ2n) is 5.08. The summed E-state index contributed by atoms with van der Waals surface area (Å²) in [4.78, 5) is 8.93. The molecule has 1 N–H and O–H groups in total. The predicted molar refractivity (Wildman–Crippen MR) is 88.5 cm³/mol. The van der Waals surface area contributed by atoms with Gasteiger partial charge in [0.1, 0.15) is 12.1 Å². The first-order chi connectivity index (χ1) is 10.3. The van der Waals surface area contributed by atoms with Gasteiger partial charge in [-0.05, 0) is 17.2 Å². The lowest BCUT2D eigenvalue weighted by molar-refractivity contribution is 0.906. The second kappa shape index (κ2) is 5.92. The summed E-state index contributed by atoms with van der Waals surface area (Å²) in [6.45, 7) is 2.18. The maximum absolute atomic E-state index is 4.58. The molecule has 1 aromatic heterocycles. The summed E-state index contributed by atoms with van der Waals surface area (Å²) in [6.07, 6.45) is 3.68. The minimum atomic E-state index is 0.926. The fourth-order valence-corrected chi connectivity index (χ4v) is 2.78. The molecule has 0 aliphatic rings. The summed E-state index contributed by atoms with van der Waals surface area (Å²) < 4.78 is 0. The van der Waals surface area contributed by atoms with E-state index in [-0.39, 0.29) is 0 Å². The summed E-state index contributed by atoms with van der Waals surface area (Å²) in [6, 6.07) is 14.8. The molecule has 0 aliphatic heterocycles. The fraction of sp³-hybridized carbons (Fsp3) is 0.222. The van der Waals surface area contributed by atoms with Crippen molar-refractivity contribution in [3.8, 4) is 11.3 Å². The fourth-order valence-electron chi connectivity index (χ4n) is 2.78. The molecule has 3 aromatic rings. The first-order valence-corrected chi connectivity index (χ1v) is 7.35. The van der Waals surface area contributed by atoms with Gasteiger partial charge in [0, 0.05) is 18.2 Å². The molecule has 2 aromatic carbocycles. The molecule has 0 saturated carbocycles. The van der Waals surface area contributed by atoms with Crippen LogP contribution in [0.2, 0.25) is 0 Å². The van der Waals surface area contributed by atoms with Crippen LogP contribution in [0.4, 0.5) is 5.82 Å². The highest BCUT2D eigenvalue weighted by Crippen LogP contribution is 2.32. The first-order valence-electron chi connectivity index (χ1n) is 7.35. The Bertz CT molecular complexity index is 760. The van der Waals surface area contributed by atoms with Crippen molar-refractivity contribution in [2.45, 2.75) is 19.8 Å². The number of rotatable bonds is 4. The Balaban J connectivity index is 2.28. The highest BCUT2D eigenvalue weighted by atomic mass is 15.0. The van der Waals surface area contributed by atoms with Gasteiger partial charge in [0.15, 0.2) is 0 Å². The van der Waals surface area contributed by atoms with Crippen molar-refractivity contribution in [3.63, 3.8) is 0 Å². The molecule has 0 saturated heterocycles. The standard InChI is InChI=1S/C18H19N3/c1-3-7-16-17(20-12-21-18(16)19-2)15-11-6-9-13-8-4-5-10-14(13)15/h4-6,8-12H,3,7H2,1-2H3,(H,19,20,21). The Morgan fingerprint density at radius 1 is 1.00 bits per heavy atom. The largest absolute Gasteiger partial charge is 0.373 e.